The number of anilines is 1. The van der Waals surface area contributed by atoms with Crippen molar-refractivity contribution >= 4 is 28.3 Å². The van der Waals surface area contributed by atoms with Crippen molar-refractivity contribution in [1.29, 1.82) is 0 Å². The molecule has 6 heteroatoms. The van der Waals surface area contributed by atoms with Crippen LogP contribution in [0.5, 0.6) is 0 Å². The van der Waals surface area contributed by atoms with Gasteiger partial charge in [0.2, 0.25) is 11.8 Å². The number of aromatic nitrogens is 1. The zero-order chi connectivity index (χ0) is 13.8. The minimum absolute atomic E-state index is 0.125. The average Bonchev–Trinajstić information content (AvgIpc) is 2.78. The lowest BCUT2D eigenvalue weighted by Crippen LogP contribution is -2.35. The number of imide groups is 1. The maximum Gasteiger partial charge on any atom is 0.235 e. The summed E-state index contributed by atoms with van der Waals surface area (Å²) in [6.45, 7) is 4.91. The highest BCUT2D eigenvalue weighted by Crippen LogP contribution is 2.27. The molecule has 0 aliphatic carbocycles. The van der Waals surface area contributed by atoms with Gasteiger partial charge < -0.3 is 5.32 Å². The first-order chi connectivity index (χ1) is 9.13. The summed E-state index contributed by atoms with van der Waals surface area (Å²) in [6, 6.07) is 0.132. The molecule has 0 radical (unpaired) electrons. The Bertz CT molecular complexity index is 454. The van der Waals surface area contributed by atoms with Gasteiger partial charge in [0.1, 0.15) is 0 Å². The van der Waals surface area contributed by atoms with Crippen molar-refractivity contribution in [1.82, 2.24) is 10.3 Å². The van der Waals surface area contributed by atoms with Crippen LogP contribution in [0.4, 0.5) is 5.13 Å². The average molecular weight is 281 g/mol. The molecule has 1 N–H and O–H groups in total. The summed E-state index contributed by atoms with van der Waals surface area (Å²) in [7, 11) is 0. The number of carbonyl (C=O) groups excluding carboxylic acids is 2. The van der Waals surface area contributed by atoms with Gasteiger partial charge in [-0.25, -0.2) is 9.88 Å². The highest BCUT2D eigenvalue weighted by atomic mass is 32.1. The fraction of sp³-hybridized carbons (Fsp3) is 0.615. The predicted octanol–water partition coefficient (Wildman–Crippen LogP) is 2.25. The van der Waals surface area contributed by atoms with Crippen molar-refractivity contribution < 1.29 is 9.59 Å². The SMILES string of the molecule is CCNC(C)c1csc(N2C(=O)CCCCC2=O)n1. The molecule has 2 amide bonds. The standard InChI is InChI=1S/C13H19N3O2S/c1-3-14-9(2)10-8-19-13(15-10)16-11(17)6-4-5-7-12(16)18/h8-9,14H,3-7H2,1-2H3. The van der Waals surface area contributed by atoms with Crippen molar-refractivity contribution in [2.45, 2.75) is 45.6 Å². The monoisotopic (exact) mass is 281 g/mol. The summed E-state index contributed by atoms with van der Waals surface area (Å²) in [6.07, 6.45) is 2.44. The molecular formula is C13H19N3O2S. The highest BCUT2D eigenvalue weighted by Gasteiger charge is 2.28. The Labute approximate surface area is 117 Å². The topological polar surface area (TPSA) is 62.3 Å². The van der Waals surface area contributed by atoms with E-state index in [1.807, 2.05) is 19.2 Å². The minimum atomic E-state index is -0.125. The number of hydrogen-bond acceptors (Lipinski definition) is 5. The van der Waals surface area contributed by atoms with Crippen LogP contribution in [0.2, 0.25) is 0 Å². The van der Waals surface area contributed by atoms with Crippen LogP contribution < -0.4 is 10.2 Å². The van der Waals surface area contributed by atoms with E-state index in [-0.39, 0.29) is 17.9 Å². The summed E-state index contributed by atoms with van der Waals surface area (Å²) in [5.41, 5.74) is 0.881. The Morgan fingerprint density at radius 3 is 2.58 bits per heavy atom. The van der Waals surface area contributed by atoms with Crippen LogP contribution >= 0.6 is 11.3 Å². The molecule has 0 aromatic carbocycles. The Hall–Kier alpha value is -1.27. The second kappa shape index (κ2) is 6.25. The fourth-order valence-electron chi connectivity index (χ4n) is 2.12. The van der Waals surface area contributed by atoms with Gasteiger partial charge in [0.25, 0.3) is 0 Å². The Balaban J connectivity index is 2.20. The van der Waals surface area contributed by atoms with Crippen LogP contribution in [0, 0.1) is 0 Å². The lowest BCUT2D eigenvalue weighted by molar-refractivity contribution is -0.125. The van der Waals surface area contributed by atoms with Crippen LogP contribution in [0.25, 0.3) is 0 Å². The first-order valence-corrected chi connectivity index (χ1v) is 7.56. The van der Waals surface area contributed by atoms with Crippen molar-refractivity contribution in [2.75, 3.05) is 11.4 Å². The minimum Gasteiger partial charge on any atom is -0.309 e. The Kier molecular flexibility index (Phi) is 4.66. The van der Waals surface area contributed by atoms with Gasteiger partial charge in [-0.15, -0.1) is 11.3 Å². The van der Waals surface area contributed by atoms with Crippen molar-refractivity contribution in [3.63, 3.8) is 0 Å². The lowest BCUT2D eigenvalue weighted by atomic mass is 10.2. The molecule has 0 bridgehead atoms. The quantitative estimate of drug-likeness (QED) is 0.860. The number of rotatable bonds is 4. The zero-order valence-corrected chi connectivity index (χ0v) is 12.1. The first kappa shape index (κ1) is 14.1. The lowest BCUT2D eigenvalue weighted by Gasteiger charge is -2.15. The molecule has 1 aromatic rings. The zero-order valence-electron chi connectivity index (χ0n) is 11.3. The van der Waals surface area contributed by atoms with E-state index in [0.29, 0.717) is 18.0 Å². The van der Waals surface area contributed by atoms with E-state index in [4.69, 9.17) is 0 Å². The third-order valence-electron chi connectivity index (χ3n) is 3.19. The molecule has 0 spiro atoms. The number of thiazole rings is 1. The molecular weight excluding hydrogens is 262 g/mol. The first-order valence-electron chi connectivity index (χ1n) is 6.68. The molecule has 1 saturated heterocycles. The number of amides is 2. The van der Waals surface area contributed by atoms with Crippen LogP contribution in [0.15, 0.2) is 5.38 Å². The van der Waals surface area contributed by atoms with E-state index in [1.165, 1.54) is 16.2 Å². The number of hydrogen-bond donors (Lipinski definition) is 1. The van der Waals surface area contributed by atoms with Crippen molar-refractivity contribution in [3.8, 4) is 0 Å². The molecule has 1 unspecified atom stereocenters. The molecule has 1 aromatic heterocycles. The number of nitrogens with zero attached hydrogens (tertiary/aromatic N) is 2. The summed E-state index contributed by atoms with van der Waals surface area (Å²) in [5.74, 6) is -0.251. The van der Waals surface area contributed by atoms with E-state index < -0.39 is 0 Å². The second-order valence-electron chi connectivity index (χ2n) is 4.66. The second-order valence-corrected chi connectivity index (χ2v) is 5.50. The molecule has 1 fully saturated rings. The van der Waals surface area contributed by atoms with E-state index in [9.17, 15) is 9.59 Å². The fourth-order valence-corrected chi connectivity index (χ4v) is 3.07. The number of nitrogens with one attached hydrogen (secondary N) is 1. The van der Waals surface area contributed by atoms with Gasteiger partial charge >= 0.3 is 0 Å². The van der Waals surface area contributed by atoms with E-state index in [1.54, 1.807) is 0 Å². The smallest absolute Gasteiger partial charge is 0.235 e. The predicted molar refractivity (Wildman–Crippen MR) is 75.2 cm³/mol. The summed E-state index contributed by atoms with van der Waals surface area (Å²) >= 11 is 1.36. The van der Waals surface area contributed by atoms with Gasteiger partial charge in [-0.2, -0.15) is 0 Å². The summed E-state index contributed by atoms with van der Waals surface area (Å²) < 4.78 is 0. The largest absolute Gasteiger partial charge is 0.309 e. The van der Waals surface area contributed by atoms with Gasteiger partial charge in [-0.05, 0) is 26.3 Å². The third kappa shape index (κ3) is 3.19. The normalized spacial score (nSPS) is 18.5. The molecule has 0 saturated carbocycles. The maximum atomic E-state index is 12.0. The number of carbonyl (C=O) groups is 2. The maximum absolute atomic E-state index is 12.0. The van der Waals surface area contributed by atoms with Gasteiger partial charge in [-0.1, -0.05) is 6.92 Å². The summed E-state index contributed by atoms with van der Waals surface area (Å²) in [5, 5.41) is 5.69. The Morgan fingerprint density at radius 2 is 2.00 bits per heavy atom. The molecule has 5 nitrogen and oxygen atoms in total. The Morgan fingerprint density at radius 1 is 1.37 bits per heavy atom. The van der Waals surface area contributed by atoms with Crippen molar-refractivity contribution in [2.24, 2.45) is 0 Å². The molecule has 2 rings (SSSR count). The molecule has 104 valence electrons. The van der Waals surface area contributed by atoms with Gasteiger partial charge in [0, 0.05) is 24.3 Å². The van der Waals surface area contributed by atoms with Crippen LogP contribution in [-0.4, -0.2) is 23.3 Å². The van der Waals surface area contributed by atoms with Gasteiger partial charge in [0.15, 0.2) is 5.13 Å². The molecule has 1 atom stereocenters. The van der Waals surface area contributed by atoms with Crippen LogP contribution in [0.1, 0.15) is 51.3 Å². The third-order valence-corrected chi connectivity index (χ3v) is 4.03. The van der Waals surface area contributed by atoms with E-state index in [0.717, 1.165) is 25.1 Å². The van der Waals surface area contributed by atoms with E-state index in [2.05, 4.69) is 10.3 Å². The van der Waals surface area contributed by atoms with Crippen LogP contribution in [-0.2, 0) is 9.59 Å². The van der Waals surface area contributed by atoms with Gasteiger partial charge in [-0.3, -0.25) is 9.59 Å². The highest BCUT2D eigenvalue weighted by molar-refractivity contribution is 7.14. The summed E-state index contributed by atoms with van der Waals surface area (Å²) in [4.78, 5) is 29.7. The van der Waals surface area contributed by atoms with Crippen LogP contribution in [0.3, 0.4) is 0 Å². The van der Waals surface area contributed by atoms with Crippen molar-refractivity contribution in [3.05, 3.63) is 11.1 Å². The molecule has 1 aliphatic heterocycles. The molecule has 2 heterocycles. The van der Waals surface area contributed by atoms with E-state index >= 15 is 0 Å². The van der Waals surface area contributed by atoms with Gasteiger partial charge in [0.05, 0.1) is 5.69 Å². The molecule has 1 aliphatic rings. The molecule has 19 heavy (non-hydrogen) atoms.